The van der Waals surface area contributed by atoms with Crippen LogP contribution in [0.5, 0.6) is 0 Å². The van der Waals surface area contributed by atoms with E-state index in [4.69, 9.17) is 9.97 Å². The molecule has 1 amide bonds. The van der Waals surface area contributed by atoms with Crippen molar-refractivity contribution in [3.8, 4) is 11.3 Å². The van der Waals surface area contributed by atoms with Crippen LogP contribution in [-0.4, -0.2) is 15.9 Å². The van der Waals surface area contributed by atoms with E-state index < -0.39 is 0 Å². The molecule has 2 aliphatic rings. The minimum absolute atomic E-state index is 0.0709. The highest BCUT2D eigenvalue weighted by Crippen LogP contribution is 2.39. The van der Waals surface area contributed by atoms with E-state index in [1.165, 1.54) is 30.9 Å². The van der Waals surface area contributed by atoms with Crippen molar-refractivity contribution >= 4 is 11.7 Å². The summed E-state index contributed by atoms with van der Waals surface area (Å²) in [5.74, 6) is 0.617. The Morgan fingerprint density at radius 2 is 1.74 bits per heavy atom. The van der Waals surface area contributed by atoms with Crippen LogP contribution >= 0.6 is 0 Å². The lowest BCUT2D eigenvalue weighted by atomic mass is 9.85. The minimum atomic E-state index is -0.215. The summed E-state index contributed by atoms with van der Waals surface area (Å²) in [4.78, 5) is 22.9. The Morgan fingerprint density at radius 1 is 1.00 bits per heavy atom. The van der Waals surface area contributed by atoms with Gasteiger partial charge in [-0.15, -0.1) is 0 Å². The molecule has 0 unspecified atom stereocenters. The Hall–Kier alpha value is -3.08. The van der Waals surface area contributed by atoms with Gasteiger partial charge in [0.15, 0.2) is 5.82 Å². The molecule has 178 valence electrons. The Balaban J connectivity index is 0.00000133. The van der Waals surface area contributed by atoms with Crippen molar-refractivity contribution < 1.29 is 9.18 Å². The van der Waals surface area contributed by atoms with E-state index in [0.717, 1.165) is 53.0 Å². The van der Waals surface area contributed by atoms with E-state index in [2.05, 4.69) is 5.32 Å². The molecule has 0 bridgehead atoms. The van der Waals surface area contributed by atoms with Gasteiger partial charge in [-0.1, -0.05) is 62.9 Å². The molecule has 0 radical (unpaired) electrons. The molecule has 1 heterocycles. The van der Waals surface area contributed by atoms with Crippen molar-refractivity contribution in [1.82, 2.24) is 9.97 Å². The molecular weight excluding hydrogens is 425 g/mol. The van der Waals surface area contributed by atoms with Crippen LogP contribution < -0.4 is 5.32 Å². The molecule has 1 saturated carbocycles. The Morgan fingerprint density at radius 3 is 2.47 bits per heavy atom. The third-order valence-electron chi connectivity index (χ3n) is 6.68. The van der Waals surface area contributed by atoms with Crippen LogP contribution in [0.3, 0.4) is 0 Å². The van der Waals surface area contributed by atoms with E-state index in [9.17, 15) is 9.18 Å². The monoisotopic (exact) mass is 459 g/mol. The van der Waals surface area contributed by atoms with Crippen molar-refractivity contribution in [2.24, 2.45) is 0 Å². The van der Waals surface area contributed by atoms with Crippen LogP contribution in [0.25, 0.3) is 11.3 Å². The molecule has 2 aliphatic carbocycles. The van der Waals surface area contributed by atoms with Gasteiger partial charge in [0.25, 0.3) is 0 Å². The van der Waals surface area contributed by atoms with Crippen LogP contribution in [-0.2, 0) is 24.1 Å². The Labute approximate surface area is 202 Å². The fourth-order valence-electron chi connectivity index (χ4n) is 4.95. The molecule has 34 heavy (non-hydrogen) atoms. The van der Waals surface area contributed by atoms with Gasteiger partial charge in [-0.05, 0) is 61.9 Å². The molecular formula is C29H34FN3O. The number of carbonyl (C=O) groups excluding carboxylic acids is 1. The third-order valence-corrected chi connectivity index (χ3v) is 6.68. The van der Waals surface area contributed by atoms with Crippen LogP contribution in [0, 0.1) is 12.7 Å². The summed E-state index contributed by atoms with van der Waals surface area (Å²) in [5, 5.41) is 3.08. The fourth-order valence-corrected chi connectivity index (χ4v) is 4.95. The fraction of sp³-hybridized carbons (Fsp3) is 0.414. The van der Waals surface area contributed by atoms with Gasteiger partial charge in [-0.2, -0.15) is 0 Å². The van der Waals surface area contributed by atoms with E-state index in [1.807, 2.05) is 51.1 Å². The quantitative estimate of drug-likeness (QED) is 0.459. The zero-order valence-corrected chi connectivity index (χ0v) is 20.5. The number of rotatable bonds is 4. The van der Waals surface area contributed by atoms with Gasteiger partial charge in [0.05, 0.1) is 23.5 Å². The summed E-state index contributed by atoms with van der Waals surface area (Å²) in [7, 11) is 0. The first kappa shape index (κ1) is 24.1. The first-order valence-electron chi connectivity index (χ1n) is 12.6. The number of halogens is 1. The lowest BCUT2D eigenvalue weighted by molar-refractivity contribution is -0.115. The number of nitrogens with zero attached hydrogens (tertiary/aromatic N) is 2. The Kier molecular flexibility index (Phi) is 7.71. The lowest BCUT2D eigenvalue weighted by Gasteiger charge is -2.26. The van der Waals surface area contributed by atoms with Gasteiger partial charge < -0.3 is 5.32 Å². The zero-order chi connectivity index (χ0) is 24.1. The maximum absolute atomic E-state index is 13.8. The van der Waals surface area contributed by atoms with Gasteiger partial charge in [-0.25, -0.2) is 14.4 Å². The largest absolute Gasteiger partial charge is 0.309 e. The van der Waals surface area contributed by atoms with Crippen LogP contribution in [0.2, 0.25) is 0 Å². The maximum atomic E-state index is 13.8. The third kappa shape index (κ3) is 5.35. The van der Waals surface area contributed by atoms with E-state index >= 15 is 0 Å². The van der Waals surface area contributed by atoms with Gasteiger partial charge in [0, 0.05) is 11.5 Å². The summed E-state index contributed by atoms with van der Waals surface area (Å²) in [6, 6.07) is 12.9. The number of nitrogens with one attached hydrogen (secondary N) is 1. The van der Waals surface area contributed by atoms with Gasteiger partial charge >= 0.3 is 0 Å². The lowest BCUT2D eigenvalue weighted by Crippen LogP contribution is -2.21. The summed E-state index contributed by atoms with van der Waals surface area (Å²) < 4.78 is 13.8. The van der Waals surface area contributed by atoms with Crippen molar-refractivity contribution in [1.29, 1.82) is 0 Å². The van der Waals surface area contributed by atoms with Crippen LogP contribution in [0.1, 0.15) is 79.9 Å². The second-order valence-corrected chi connectivity index (χ2v) is 9.10. The molecule has 1 N–H and O–H groups in total. The van der Waals surface area contributed by atoms with Gasteiger partial charge in [0.1, 0.15) is 5.82 Å². The number of hydrogen-bond acceptors (Lipinski definition) is 3. The minimum Gasteiger partial charge on any atom is -0.309 e. The van der Waals surface area contributed by atoms with Crippen molar-refractivity contribution in [3.63, 3.8) is 0 Å². The molecule has 5 heteroatoms. The van der Waals surface area contributed by atoms with E-state index in [-0.39, 0.29) is 11.7 Å². The summed E-state index contributed by atoms with van der Waals surface area (Å²) in [6.07, 6.45) is 7.44. The average molecular weight is 460 g/mol. The van der Waals surface area contributed by atoms with Crippen LogP contribution in [0.4, 0.5) is 10.2 Å². The van der Waals surface area contributed by atoms with E-state index in [1.54, 1.807) is 6.07 Å². The Bertz CT molecular complexity index is 1150. The number of hydrogen-bond donors (Lipinski definition) is 1. The first-order chi connectivity index (χ1) is 16.6. The predicted octanol–water partition coefficient (Wildman–Crippen LogP) is 6.94. The second kappa shape index (κ2) is 10.9. The highest BCUT2D eigenvalue weighted by atomic mass is 19.1. The number of amides is 1. The van der Waals surface area contributed by atoms with Crippen molar-refractivity contribution in [3.05, 3.63) is 76.4 Å². The topological polar surface area (TPSA) is 54.9 Å². The molecule has 0 aliphatic heterocycles. The van der Waals surface area contributed by atoms with E-state index in [0.29, 0.717) is 24.6 Å². The number of aromatic nitrogens is 2. The number of fused-ring (bicyclic) bond motifs is 3. The number of anilines is 1. The SMILES string of the molecule is CC.Cc1ccc(CC(=O)Nc2nc3c(nc2C2CCCCC2)-c2ccc(F)cc2CC3)cc1. The number of carbonyl (C=O) groups is 1. The molecule has 2 aromatic carbocycles. The highest BCUT2D eigenvalue weighted by molar-refractivity contribution is 5.92. The summed E-state index contributed by atoms with van der Waals surface area (Å²) >= 11 is 0. The summed E-state index contributed by atoms with van der Waals surface area (Å²) in [6.45, 7) is 6.04. The molecule has 1 aromatic heterocycles. The van der Waals surface area contributed by atoms with Gasteiger partial charge in [-0.3, -0.25) is 4.79 Å². The van der Waals surface area contributed by atoms with Crippen molar-refractivity contribution in [2.75, 3.05) is 5.32 Å². The number of aryl methyl sites for hydroxylation is 3. The van der Waals surface area contributed by atoms with Gasteiger partial charge in [0.2, 0.25) is 5.91 Å². The molecule has 0 saturated heterocycles. The predicted molar refractivity (Wildman–Crippen MR) is 136 cm³/mol. The molecule has 0 atom stereocenters. The zero-order valence-electron chi connectivity index (χ0n) is 20.5. The molecule has 0 spiro atoms. The molecule has 5 rings (SSSR count). The normalized spacial score (nSPS) is 14.9. The molecule has 4 nitrogen and oxygen atoms in total. The second-order valence-electron chi connectivity index (χ2n) is 9.10. The smallest absolute Gasteiger partial charge is 0.229 e. The molecule has 1 fully saturated rings. The molecule has 3 aromatic rings. The first-order valence-corrected chi connectivity index (χ1v) is 12.6. The maximum Gasteiger partial charge on any atom is 0.229 e. The standard InChI is InChI=1S/C27H28FN3O.C2H6/c1-17-7-9-18(10-8-17)15-24(32)30-27-25(19-5-3-2-4-6-19)31-26-22-13-12-21(28)16-20(22)11-14-23(26)29-27;1-2/h7-10,12-13,16,19H,2-6,11,14-15H2,1H3,(H,29,30,32);1-2H3. The highest BCUT2D eigenvalue weighted by Gasteiger charge is 2.27. The summed E-state index contributed by atoms with van der Waals surface area (Å²) in [5.41, 5.74) is 6.73. The average Bonchev–Trinajstić information content (AvgIpc) is 2.86. The van der Waals surface area contributed by atoms with Crippen LogP contribution in [0.15, 0.2) is 42.5 Å². The number of benzene rings is 2. The van der Waals surface area contributed by atoms with Crippen molar-refractivity contribution in [2.45, 2.75) is 78.1 Å².